The van der Waals surface area contributed by atoms with Gasteiger partial charge in [0.05, 0.1) is 0 Å². The van der Waals surface area contributed by atoms with E-state index in [4.69, 9.17) is 8.97 Å². The molecule has 1 aromatic carbocycles. The Morgan fingerprint density at radius 1 is 1.43 bits per heavy atom. The minimum Gasteiger partial charge on any atom is -0.431 e. The first-order valence-electron chi connectivity index (χ1n) is 3.54. The van der Waals surface area contributed by atoms with E-state index >= 15 is 0 Å². The molecular formula is C7H5NO4S2. The Balaban J connectivity index is 2.90. The van der Waals surface area contributed by atoms with Crippen molar-refractivity contribution >= 4 is 33.8 Å². The summed E-state index contributed by atoms with van der Waals surface area (Å²) in [7, 11) is -4.27. The van der Waals surface area contributed by atoms with Crippen molar-refractivity contribution in [3.8, 4) is 0 Å². The van der Waals surface area contributed by atoms with Crippen molar-refractivity contribution in [1.29, 1.82) is 0 Å². The zero-order valence-electron chi connectivity index (χ0n) is 6.71. The molecule has 0 aliphatic carbocycles. The summed E-state index contributed by atoms with van der Waals surface area (Å²) in [5, 5.41) is 0.0519. The summed E-state index contributed by atoms with van der Waals surface area (Å²) in [4.78, 5) is 3.46. The van der Waals surface area contributed by atoms with Crippen LogP contribution in [0.4, 0.5) is 0 Å². The molecule has 1 N–H and O–H groups in total. The standard InChI is InChI=1S/C7H5NO4S2/c9-14(10,11)5-3-1-2-4-6(5)8-7(13)12-4/h1-3H,(H,8,13)(H,9,10,11). The number of rotatable bonds is 1. The van der Waals surface area contributed by atoms with Crippen LogP contribution in [0.15, 0.2) is 32.7 Å². The van der Waals surface area contributed by atoms with Crippen molar-refractivity contribution in [3.05, 3.63) is 18.2 Å². The molecule has 0 saturated heterocycles. The molecule has 0 fully saturated rings. The Labute approximate surface area is 84.9 Å². The number of thiol groups is 1. The van der Waals surface area contributed by atoms with Gasteiger partial charge in [-0.3, -0.25) is 4.55 Å². The normalized spacial score (nSPS) is 12.1. The summed E-state index contributed by atoms with van der Waals surface area (Å²) in [6.45, 7) is 0. The number of hydrogen-bond donors (Lipinski definition) is 2. The van der Waals surface area contributed by atoms with Gasteiger partial charge in [0.1, 0.15) is 10.4 Å². The molecule has 0 atom stereocenters. The third-order valence-corrected chi connectivity index (χ3v) is 2.73. The van der Waals surface area contributed by atoms with E-state index in [1.165, 1.54) is 18.2 Å². The van der Waals surface area contributed by atoms with Gasteiger partial charge < -0.3 is 4.42 Å². The molecule has 0 radical (unpaired) electrons. The van der Waals surface area contributed by atoms with Crippen LogP contribution in [0, 0.1) is 0 Å². The molecule has 0 bridgehead atoms. The molecule has 0 unspecified atom stereocenters. The first-order chi connectivity index (χ1) is 6.48. The lowest BCUT2D eigenvalue weighted by atomic mass is 10.3. The second-order valence-electron chi connectivity index (χ2n) is 2.57. The molecule has 1 aromatic heterocycles. The van der Waals surface area contributed by atoms with E-state index in [0.29, 0.717) is 0 Å². The van der Waals surface area contributed by atoms with Crippen LogP contribution >= 0.6 is 12.6 Å². The lowest BCUT2D eigenvalue weighted by Gasteiger charge is -1.95. The number of hydrogen-bond acceptors (Lipinski definition) is 5. The maximum absolute atomic E-state index is 10.9. The molecule has 0 spiro atoms. The third kappa shape index (κ3) is 1.49. The summed E-state index contributed by atoms with van der Waals surface area (Å²) >= 11 is 3.83. The quantitative estimate of drug-likeness (QED) is 0.572. The smallest absolute Gasteiger partial charge is 0.296 e. The van der Waals surface area contributed by atoms with Gasteiger partial charge in [-0.05, 0) is 12.1 Å². The number of nitrogens with zero attached hydrogens (tertiary/aromatic N) is 1. The van der Waals surface area contributed by atoms with E-state index in [2.05, 4.69) is 17.6 Å². The van der Waals surface area contributed by atoms with Gasteiger partial charge in [0.25, 0.3) is 15.3 Å². The van der Waals surface area contributed by atoms with Crippen LogP contribution in [0.2, 0.25) is 0 Å². The monoisotopic (exact) mass is 231 g/mol. The molecule has 1 heterocycles. The number of para-hydroxylation sites is 1. The SMILES string of the molecule is O=S(=O)(O)c1cccc2oc(S)nc12. The average Bonchev–Trinajstić information content (AvgIpc) is 2.41. The minimum absolute atomic E-state index is 0.0519. The predicted octanol–water partition coefficient (Wildman–Crippen LogP) is 1.36. The van der Waals surface area contributed by atoms with Crippen molar-refractivity contribution in [2.75, 3.05) is 0 Å². The van der Waals surface area contributed by atoms with Gasteiger partial charge in [0.15, 0.2) is 5.58 Å². The summed E-state index contributed by atoms with van der Waals surface area (Å²) in [5.41, 5.74) is 0.352. The topological polar surface area (TPSA) is 80.4 Å². The van der Waals surface area contributed by atoms with Crippen molar-refractivity contribution in [1.82, 2.24) is 4.98 Å². The van der Waals surface area contributed by atoms with Gasteiger partial charge >= 0.3 is 0 Å². The minimum atomic E-state index is -4.27. The molecule has 7 heteroatoms. The molecule has 0 aliphatic heterocycles. The molecule has 2 aromatic rings. The second-order valence-corrected chi connectivity index (χ2v) is 4.35. The predicted molar refractivity (Wildman–Crippen MR) is 51.1 cm³/mol. The highest BCUT2D eigenvalue weighted by molar-refractivity contribution is 7.86. The van der Waals surface area contributed by atoms with Crippen LogP contribution in [0.5, 0.6) is 0 Å². The van der Waals surface area contributed by atoms with E-state index in [1.807, 2.05) is 0 Å². The molecule has 74 valence electrons. The fourth-order valence-corrected chi connectivity index (χ4v) is 1.96. The van der Waals surface area contributed by atoms with Gasteiger partial charge in [-0.1, -0.05) is 18.7 Å². The number of fused-ring (bicyclic) bond motifs is 1. The Hall–Kier alpha value is -1.05. The van der Waals surface area contributed by atoms with Gasteiger partial charge in [0, 0.05) is 0 Å². The summed E-state index contributed by atoms with van der Waals surface area (Å²) < 4.78 is 35.7. The van der Waals surface area contributed by atoms with Crippen molar-refractivity contribution < 1.29 is 17.4 Å². The lowest BCUT2D eigenvalue weighted by Crippen LogP contribution is -1.98. The van der Waals surface area contributed by atoms with Crippen LogP contribution < -0.4 is 0 Å². The Morgan fingerprint density at radius 2 is 2.14 bits per heavy atom. The molecule has 0 aliphatic rings. The highest BCUT2D eigenvalue weighted by Gasteiger charge is 2.17. The van der Waals surface area contributed by atoms with E-state index in [1.54, 1.807) is 0 Å². The highest BCUT2D eigenvalue weighted by atomic mass is 32.2. The molecular weight excluding hydrogens is 226 g/mol. The van der Waals surface area contributed by atoms with Crippen molar-refractivity contribution in [3.63, 3.8) is 0 Å². The molecule has 2 rings (SSSR count). The van der Waals surface area contributed by atoms with Crippen molar-refractivity contribution in [2.45, 2.75) is 10.1 Å². The first kappa shape index (κ1) is 9.50. The Morgan fingerprint density at radius 3 is 2.79 bits per heavy atom. The zero-order valence-corrected chi connectivity index (χ0v) is 8.42. The van der Waals surface area contributed by atoms with Gasteiger partial charge in [-0.15, -0.1) is 0 Å². The van der Waals surface area contributed by atoms with Gasteiger partial charge in [-0.25, -0.2) is 4.98 Å². The zero-order chi connectivity index (χ0) is 10.3. The van der Waals surface area contributed by atoms with E-state index in [-0.39, 0.29) is 21.2 Å². The summed E-state index contributed by atoms with van der Waals surface area (Å²) in [5.74, 6) is 0. The third-order valence-electron chi connectivity index (χ3n) is 1.65. The van der Waals surface area contributed by atoms with Crippen LogP contribution in [0.25, 0.3) is 11.1 Å². The number of aromatic nitrogens is 1. The average molecular weight is 231 g/mol. The molecule has 0 amide bonds. The summed E-state index contributed by atoms with van der Waals surface area (Å²) in [6, 6.07) is 4.23. The van der Waals surface area contributed by atoms with E-state index in [0.717, 1.165) is 0 Å². The largest absolute Gasteiger partial charge is 0.431 e. The number of benzene rings is 1. The van der Waals surface area contributed by atoms with Crippen LogP contribution in [-0.2, 0) is 10.1 Å². The Bertz CT molecular complexity index is 587. The van der Waals surface area contributed by atoms with Crippen LogP contribution in [-0.4, -0.2) is 18.0 Å². The highest BCUT2D eigenvalue weighted by Crippen LogP contribution is 2.24. The molecule has 5 nitrogen and oxygen atoms in total. The van der Waals surface area contributed by atoms with E-state index < -0.39 is 10.1 Å². The molecule has 0 saturated carbocycles. The van der Waals surface area contributed by atoms with Gasteiger partial charge in [0.2, 0.25) is 0 Å². The van der Waals surface area contributed by atoms with Crippen LogP contribution in [0.1, 0.15) is 0 Å². The summed E-state index contributed by atoms with van der Waals surface area (Å²) in [6.07, 6.45) is 0. The first-order valence-corrected chi connectivity index (χ1v) is 5.43. The van der Waals surface area contributed by atoms with E-state index in [9.17, 15) is 8.42 Å². The fraction of sp³-hybridized carbons (Fsp3) is 0. The fourth-order valence-electron chi connectivity index (χ4n) is 1.12. The maximum Gasteiger partial charge on any atom is 0.296 e. The Kier molecular flexibility index (Phi) is 2.02. The second kappa shape index (κ2) is 2.97. The van der Waals surface area contributed by atoms with Gasteiger partial charge in [-0.2, -0.15) is 8.42 Å². The van der Waals surface area contributed by atoms with Crippen LogP contribution in [0.3, 0.4) is 0 Å². The maximum atomic E-state index is 10.9. The molecule has 14 heavy (non-hydrogen) atoms. The number of oxazole rings is 1. The lowest BCUT2D eigenvalue weighted by molar-refractivity contribution is 0.484. The van der Waals surface area contributed by atoms with Crippen molar-refractivity contribution in [2.24, 2.45) is 0 Å².